The summed E-state index contributed by atoms with van der Waals surface area (Å²) in [7, 11) is -1.67. The maximum Gasteiger partial charge on any atom is 0.407 e. The van der Waals surface area contributed by atoms with Gasteiger partial charge in [-0.15, -0.1) is 0 Å². The van der Waals surface area contributed by atoms with Crippen LogP contribution in [0.1, 0.15) is 5.56 Å². The number of sulfone groups is 1. The number of halogens is 1. The van der Waals surface area contributed by atoms with Crippen LogP contribution in [0.2, 0.25) is 5.02 Å². The van der Waals surface area contributed by atoms with E-state index in [1.165, 1.54) is 17.0 Å². The third-order valence-electron chi connectivity index (χ3n) is 5.45. The van der Waals surface area contributed by atoms with Crippen LogP contribution in [0.25, 0.3) is 0 Å². The predicted octanol–water partition coefficient (Wildman–Crippen LogP) is 3.04. The van der Waals surface area contributed by atoms with E-state index >= 15 is 0 Å². The molecule has 10 heteroatoms. The number of amides is 1. The Morgan fingerprint density at radius 2 is 1.91 bits per heavy atom. The average molecular weight is 483 g/mol. The van der Waals surface area contributed by atoms with Gasteiger partial charge in [-0.25, -0.2) is 13.2 Å². The van der Waals surface area contributed by atoms with Gasteiger partial charge in [-0.1, -0.05) is 11.6 Å². The zero-order valence-electron chi connectivity index (χ0n) is 18.0. The van der Waals surface area contributed by atoms with Gasteiger partial charge in [0.1, 0.15) is 18.1 Å². The van der Waals surface area contributed by atoms with Gasteiger partial charge in [0.15, 0.2) is 9.84 Å². The van der Waals surface area contributed by atoms with E-state index in [1.54, 1.807) is 25.3 Å². The number of benzene rings is 2. The fourth-order valence-corrected chi connectivity index (χ4v) is 4.54. The molecule has 1 atom stereocenters. The topological polar surface area (TPSA) is 96.4 Å². The third kappa shape index (κ3) is 6.27. The van der Waals surface area contributed by atoms with Crippen LogP contribution in [0.3, 0.4) is 0 Å². The number of methoxy groups -OCH3 is 1. The number of hydrogen-bond donors (Lipinski definition) is 1. The Hall–Kier alpha value is -2.49. The summed E-state index contributed by atoms with van der Waals surface area (Å²) >= 11 is 6.12. The van der Waals surface area contributed by atoms with E-state index < -0.39 is 15.9 Å². The lowest BCUT2D eigenvalue weighted by Crippen LogP contribution is -2.57. The van der Waals surface area contributed by atoms with Crippen LogP contribution in [0.4, 0.5) is 4.79 Å². The number of carboxylic acid groups (broad SMARTS) is 1. The largest absolute Gasteiger partial charge is 0.496 e. The van der Waals surface area contributed by atoms with Crippen molar-refractivity contribution < 1.29 is 27.8 Å². The van der Waals surface area contributed by atoms with Gasteiger partial charge in [-0.3, -0.25) is 9.80 Å². The Morgan fingerprint density at radius 3 is 2.53 bits per heavy atom. The van der Waals surface area contributed by atoms with E-state index in [2.05, 4.69) is 4.90 Å². The van der Waals surface area contributed by atoms with Crippen molar-refractivity contribution in [1.29, 1.82) is 0 Å². The van der Waals surface area contributed by atoms with Crippen LogP contribution in [0.5, 0.6) is 11.5 Å². The number of ether oxygens (including phenoxy) is 2. The SMILES string of the molecule is COc1ccc(Cl)cc1CCN1CCN(C(=O)O)[C@H](COc2ccc(S(C)(=O)=O)cc2)C1. The van der Waals surface area contributed by atoms with Gasteiger partial charge in [-0.05, 0) is 54.4 Å². The van der Waals surface area contributed by atoms with E-state index in [-0.39, 0.29) is 17.5 Å². The number of hydrogen-bond acceptors (Lipinski definition) is 6. The van der Waals surface area contributed by atoms with Crippen LogP contribution >= 0.6 is 11.6 Å². The highest BCUT2D eigenvalue weighted by molar-refractivity contribution is 7.90. The minimum absolute atomic E-state index is 0.168. The lowest BCUT2D eigenvalue weighted by Gasteiger charge is -2.39. The molecule has 0 bridgehead atoms. The van der Waals surface area contributed by atoms with E-state index in [0.29, 0.717) is 30.4 Å². The molecule has 0 aliphatic carbocycles. The van der Waals surface area contributed by atoms with Crippen LogP contribution in [-0.4, -0.2) is 81.6 Å². The zero-order chi connectivity index (χ0) is 23.3. The highest BCUT2D eigenvalue weighted by atomic mass is 35.5. The van der Waals surface area contributed by atoms with Crippen molar-refractivity contribution in [3.8, 4) is 11.5 Å². The molecule has 0 radical (unpaired) electrons. The summed E-state index contributed by atoms with van der Waals surface area (Å²) in [4.78, 5) is 15.5. The second-order valence-corrected chi connectivity index (χ2v) is 10.1. The molecule has 0 aromatic heterocycles. The van der Waals surface area contributed by atoms with Crippen molar-refractivity contribution in [3.63, 3.8) is 0 Å². The molecule has 32 heavy (non-hydrogen) atoms. The van der Waals surface area contributed by atoms with Gasteiger partial charge >= 0.3 is 6.09 Å². The molecule has 1 heterocycles. The zero-order valence-corrected chi connectivity index (χ0v) is 19.6. The van der Waals surface area contributed by atoms with E-state index in [1.807, 2.05) is 12.1 Å². The Morgan fingerprint density at radius 1 is 1.19 bits per heavy atom. The quantitative estimate of drug-likeness (QED) is 0.617. The normalized spacial score (nSPS) is 17.2. The van der Waals surface area contributed by atoms with Gasteiger partial charge in [-0.2, -0.15) is 0 Å². The molecule has 0 unspecified atom stereocenters. The maximum absolute atomic E-state index is 11.7. The average Bonchev–Trinajstić information content (AvgIpc) is 2.76. The van der Waals surface area contributed by atoms with Crippen molar-refractivity contribution in [2.75, 3.05) is 46.2 Å². The minimum atomic E-state index is -3.28. The first kappa shape index (κ1) is 24.2. The van der Waals surface area contributed by atoms with Crippen LogP contribution in [-0.2, 0) is 16.3 Å². The molecule has 2 aromatic carbocycles. The summed E-state index contributed by atoms with van der Waals surface area (Å²) in [6.45, 7) is 2.42. The smallest absolute Gasteiger partial charge is 0.407 e. The molecule has 1 saturated heterocycles. The molecular weight excluding hydrogens is 456 g/mol. The second kappa shape index (κ2) is 10.4. The summed E-state index contributed by atoms with van der Waals surface area (Å²) in [5.41, 5.74) is 0.999. The monoisotopic (exact) mass is 482 g/mol. The van der Waals surface area contributed by atoms with Gasteiger partial charge in [0.05, 0.1) is 18.0 Å². The van der Waals surface area contributed by atoms with Crippen molar-refractivity contribution in [1.82, 2.24) is 9.80 Å². The summed E-state index contributed by atoms with van der Waals surface area (Å²) < 4.78 is 34.4. The Balaban J connectivity index is 1.62. The molecule has 8 nitrogen and oxygen atoms in total. The van der Waals surface area contributed by atoms with Crippen molar-refractivity contribution in [2.45, 2.75) is 17.4 Å². The molecule has 1 aliphatic rings. The molecule has 1 N–H and O–H groups in total. The third-order valence-corrected chi connectivity index (χ3v) is 6.81. The lowest BCUT2D eigenvalue weighted by atomic mass is 10.1. The summed E-state index contributed by atoms with van der Waals surface area (Å²) in [5, 5.41) is 10.2. The van der Waals surface area contributed by atoms with E-state index in [0.717, 1.165) is 30.5 Å². The number of rotatable bonds is 8. The van der Waals surface area contributed by atoms with Crippen molar-refractivity contribution in [2.24, 2.45) is 0 Å². The fourth-order valence-electron chi connectivity index (χ4n) is 3.71. The summed E-state index contributed by atoms with van der Waals surface area (Å²) in [5.74, 6) is 1.26. The van der Waals surface area contributed by atoms with Gasteiger partial charge < -0.3 is 14.6 Å². The molecule has 0 saturated carbocycles. The van der Waals surface area contributed by atoms with Crippen LogP contribution in [0, 0.1) is 0 Å². The predicted molar refractivity (Wildman–Crippen MR) is 122 cm³/mol. The lowest BCUT2D eigenvalue weighted by molar-refractivity contribution is 0.0469. The van der Waals surface area contributed by atoms with Crippen molar-refractivity contribution >= 4 is 27.5 Å². The Labute approximate surface area is 193 Å². The van der Waals surface area contributed by atoms with Crippen LogP contribution in [0.15, 0.2) is 47.4 Å². The minimum Gasteiger partial charge on any atom is -0.496 e. The molecule has 1 amide bonds. The highest BCUT2D eigenvalue weighted by Crippen LogP contribution is 2.24. The first-order valence-electron chi connectivity index (χ1n) is 10.1. The van der Waals surface area contributed by atoms with E-state index in [9.17, 15) is 18.3 Å². The molecular formula is C22H27ClN2O6S. The Kier molecular flexibility index (Phi) is 7.86. The molecule has 174 valence electrons. The summed E-state index contributed by atoms with van der Waals surface area (Å²) in [6, 6.07) is 11.3. The first-order chi connectivity index (χ1) is 15.2. The first-order valence-corrected chi connectivity index (χ1v) is 12.4. The van der Waals surface area contributed by atoms with Crippen LogP contribution < -0.4 is 9.47 Å². The van der Waals surface area contributed by atoms with Crippen molar-refractivity contribution in [3.05, 3.63) is 53.1 Å². The molecule has 2 aromatic rings. The van der Waals surface area contributed by atoms with Gasteiger partial charge in [0, 0.05) is 37.5 Å². The maximum atomic E-state index is 11.7. The van der Waals surface area contributed by atoms with E-state index in [4.69, 9.17) is 21.1 Å². The summed E-state index contributed by atoms with van der Waals surface area (Å²) in [6.07, 6.45) is 0.878. The van der Waals surface area contributed by atoms with Gasteiger partial charge in [0.25, 0.3) is 0 Å². The standard InChI is InChI=1S/C22H27ClN2O6S/c1-30-21-8-3-17(23)13-16(21)9-10-24-11-12-25(22(26)27)18(14-24)15-31-19-4-6-20(7-5-19)32(2,28)29/h3-8,13,18H,9-12,14-15H2,1-2H3,(H,26,27)/t18-/m0/s1. The molecule has 1 aliphatic heterocycles. The molecule has 1 fully saturated rings. The Bertz CT molecular complexity index is 1040. The van der Waals surface area contributed by atoms with Gasteiger partial charge in [0.2, 0.25) is 0 Å². The number of carbonyl (C=O) groups is 1. The number of nitrogens with zero attached hydrogens (tertiary/aromatic N) is 2. The second-order valence-electron chi connectivity index (χ2n) is 7.69. The number of piperazine rings is 1. The molecule has 3 rings (SSSR count). The molecule has 0 spiro atoms. The fraction of sp³-hybridized carbons (Fsp3) is 0.409. The highest BCUT2D eigenvalue weighted by Gasteiger charge is 2.31.